The van der Waals surface area contributed by atoms with Crippen LogP contribution in [-0.2, 0) is 4.74 Å². The summed E-state index contributed by atoms with van der Waals surface area (Å²) >= 11 is 6.80. The maximum atomic E-state index is 11.9. The van der Waals surface area contributed by atoms with Crippen LogP contribution in [0.1, 0.15) is 31.1 Å². The highest BCUT2D eigenvalue weighted by molar-refractivity contribution is 6.39. The molecule has 0 spiro atoms. The SMILES string of the molecule is COC(=O)c1ccc2nc(NC(C)(C)C)c(-c3ccccc3)c(Cl)c2c1. The Labute approximate surface area is 158 Å². The number of aromatic nitrogens is 1. The molecule has 2 aromatic carbocycles. The lowest BCUT2D eigenvalue weighted by molar-refractivity contribution is 0.0601. The second-order valence-electron chi connectivity index (χ2n) is 7.11. The van der Waals surface area contributed by atoms with Gasteiger partial charge in [-0.25, -0.2) is 9.78 Å². The van der Waals surface area contributed by atoms with Crippen LogP contribution in [0, 0.1) is 0 Å². The third kappa shape index (κ3) is 3.65. The molecular weight excluding hydrogens is 348 g/mol. The first kappa shape index (κ1) is 18.2. The number of nitrogens with one attached hydrogen (secondary N) is 1. The highest BCUT2D eigenvalue weighted by Gasteiger charge is 2.20. The number of pyridine rings is 1. The molecule has 0 atom stereocenters. The normalized spacial score (nSPS) is 11.4. The third-order valence-corrected chi connectivity index (χ3v) is 4.29. The minimum atomic E-state index is -0.402. The Morgan fingerprint density at radius 2 is 1.81 bits per heavy atom. The predicted octanol–water partition coefficient (Wildman–Crippen LogP) is 5.55. The number of methoxy groups -OCH3 is 1. The zero-order valence-corrected chi connectivity index (χ0v) is 16.0. The van der Waals surface area contributed by atoms with Crippen molar-refractivity contribution in [2.45, 2.75) is 26.3 Å². The lowest BCUT2D eigenvalue weighted by Crippen LogP contribution is -2.27. The van der Waals surface area contributed by atoms with Gasteiger partial charge in [0.15, 0.2) is 0 Å². The van der Waals surface area contributed by atoms with Crippen LogP contribution in [-0.4, -0.2) is 23.6 Å². The van der Waals surface area contributed by atoms with Crippen LogP contribution in [0.25, 0.3) is 22.0 Å². The summed E-state index contributed by atoms with van der Waals surface area (Å²) in [4.78, 5) is 16.7. The van der Waals surface area contributed by atoms with E-state index in [1.54, 1.807) is 18.2 Å². The molecule has 0 amide bonds. The first-order valence-corrected chi connectivity index (χ1v) is 8.73. The smallest absolute Gasteiger partial charge is 0.337 e. The Kier molecular flexibility index (Phi) is 4.88. The maximum Gasteiger partial charge on any atom is 0.337 e. The molecule has 0 aliphatic heterocycles. The average molecular weight is 369 g/mol. The second-order valence-corrected chi connectivity index (χ2v) is 7.49. The molecule has 0 aliphatic carbocycles. The van der Waals surface area contributed by atoms with E-state index in [1.165, 1.54) is 7.11 Å². The van der Waals surface area contributed by atoms with Gasteiger partial charge in [0.1, 0.15) is 5.82 Å². The summed E-state index contributed by atoms with van der Waals surface area (Å²) in [6.07, 6.45) is 0. The van der Waals surface area contributed by atoms with Gasteiger partial charge in [0, 0.05) is 16.5 Å². The number of hydrogen-bond acceptors (Lipinski definition) is 4. The minimum Gasteiger partial charge on any atom is -0.465 e. The van der Waals surface area contributed by atoms with Gasteiger partial charge in [-0.15, -0.1) is 0 Å². The van der Waals surface area contributed by atoms with Gasteiger partial charge in [0.05, 0.1) is 23.2 Å². The number of rotatable bonds is 3. The van der Waals surface area contributed by atoms with Crippen LogP contribution in [0.5, 0.6) is 0 Å². The van der Waals surface area contributed by atoms with Crippen LogP contribution < -0.4 is 5.32 Å². The second kappa shape index (κ2) is 6.96. The first-order chi connectivity index (χ1) is 12.3. The van der Waals surface area contributed by atoms with Crippen molar-refractivity contribution in [1.82, 2.24) is 4.98 Å². The molecule has 3 aromatic rings. The van der Waals surface area contributed by atoms with Crippen LogP contribution in [0.2, 0.25) is 5.02 Å². The molecule has 0 radical (unpaired) electrons. The fraction of sp³-hybridized carbons (Fsp3) is 0.238. The van der Waals surface area contributed by atoms with Crippen molar-refractivity contribution >= 4 is 34.3 Å². The Bertz CT molecular complexity index is 963. The molecule has 0 saturated heterocycles. The number of anilines is 1. The largest absolute Gasteiger partial charge is 0.465 e. The molecule has 0 unspecified atom stereocenters. The summed E-state index contributed by atoms with van der Waals surface area (Å²) in [6.45, 7) is 6.21. The number of esters is 1. The number of benzene rings is 2. The number of carbonyl (C=O) groups is 1. The number of ether oxygens (including phenoxy) is 1. The van der Waals surface area contributed by atoms with E-state index in [2.05, 4.69) is 26.1 Å². The quantitative estimate of drug-likeness (QED) is 0.615. The van der Waals surface area contributed by atoms with Crippen LogP contribution in [0.3, 0.4) is 0 Å². The standard InChI is InChI=1S/C21H21ClN2O2/c1-21(2,3)24-19-17(13-8-6-5-7-9-13)18(22)15-12-14(20(25)26-4)10-11-16(15)23-19/h5-12H,1-4H3,(H,23,24). The monoisotopic (exact) mass is 368 g/mol. The molecular formula is C21H21ClN2O2. The molecule has 4 nitrogen and oxygen atoms in total. The topological polar surface area (TPSA) is 51.2 Å². The van der Waals surface area contributed by atoms with Gasteiger partial charge < -0.3 is 10.1 Å². The number of fused-ring (bicyclic) bond motifs is 1. The summed E-state index contributed by atoms with van der Waals surface area (Å²) in [5.74, 6) is 0.313. The minimum absolute atomic E-state index is 0.181. The molecule has 0 saturated carbocycles. The summed E-state index contributed by atoms with van der Waals surface area (Å²) < 4.78 is 4.81. The van der Waals surface area contributed by atoms with Crippen molar-refractivity contribution in [1.29, 1.82) is 0 Å². The predicted molar refractivity (Wildman–Crippen MR) is 107 cm³/mol. The Morgan fingerprint density at radius 1 is 1.12 bits per heavy atom. The van der Waals surface area contributed by atoms with Gasteiger partial charge in [0.2, 0.25) is 0 Å². The van der Waals surface area contributed by atoms with E-state index < -0.39 is 5.97 Å². The zero-order chi connectivity index (χ0) is 18.9. The molecule has 0 fully saturated rings. The number of carbonyl (C=O) groups excluding carboxylic acids is 1. The van der Waals surface area contributed by atoms with Gasteiger partial charge in [-0.2, -0.15) is 0 Å². The molecule has 26 heavy (non-hydrogen) atoms. The summed E-state index contributed by atoms with van der Waals surface area (Å²) in [5.41, 5.74) is 2.76. The Hall–Kier alpha value is -2.59. The number of halogens is 1. The molecule has 1 heterocycles. The van der Waals surface area contributed by atoms with E-state index in [-0.39, 0.29) is 5.54 Å². The lowest BCUT2D eigenvalue weighted by Gasteiger charge is -2.24. The highest BCUT2D eigenvalue weighted by Crippen LogP contribution is 2.39. The third-order valence-electron chi connectivity index (χ3n) is 3.90. The van der Waals surface area contributed by atoms with E-state index in [9.17, 15) is 4.79 Å². The fourth-order valence-electron chi connectivity index (χ4n) is 2.78. The van der Waals surface area contributed by atoms with E-state index in [0.29, 0.717) is 27.3 Å². The highest BCUT2D eigenvalue weighted by atomic mass is 35.5. The molecule has 0 aliphatic rings. The van der Waals surface area contributed by atoms with E-state index in [1.807, 2.05) is 30.3 Å². The van der Waals surface area contributed by atoms with Crippen LogP contribution in [0.4, 0.5) is 5.82 Å². The number of nitrogens with zero attached hydrogens (tertiary/aromatic N) is 1. The van der Waals surface area contributed by atoms with Crippen molar-refractivity contribution in [2.75, 3.05) is 12.4 Å². The maximum absolute atomic E-state index is 11.9. The van der Waals surface area contributed by atoms with E-state index in [0.717, 1.165) is 11.1 Å². The van der Waals surface area contributed by atoms with Crippen molar-refractivity contribution in [3.8, 4) is 11.1 Å². The summed E-state index contributed by atoms with van der Waals surface area (Å²) in [6, 6.07) is 15.1. The van der Waals surface area contributed by atoms with Gasteiger partial charge >= 0.3 is 5.97 Å². The van der Waals surface area contributed by atoms with E-state index in [4.69, 9.17) is 21.3 Å². The van der Waals surface area contributed by atoms with Gasteiger partial charge in [-0.3, -0.25) is 0 Å². The van der Waals surface area contributed by atoms with E-state index >= 15 is 0 Å². The zero-order valence-electron chi connectivity index (χ0n) is 15.3. The van der Waals surface area contributed by atoms with Crippen LogP contribution in [0.15, 0.2) is 48.5 Å². The van der Waals surface area contributed by atoms with Gasteiger partial charge in [-0.1, -0.05) is 41.9 Å². The van der Waals surface area contributed by atoms with Crippen molar-refractivity contribution in [3.05, 3.63) is 59.1 Å². The Morgan fingerprint density at radius 3 is 2.42 bits per heavy atom. The summed E-state index contributed by atoms with van der Waals surface area (Å²) in [5, 5.41) is 4.71. The van der Waals surface area contributed by atoms with Crippen LogP contribution >= 0.6 is 11.6 Å². The van der Waals surface area contributed by atoms with Crippen molar-refractivity contribution in [2.24, 2.45) is 0 Å². The van der Waals surface area contributed by atoms with Crippen molar-refractivity contribution < 1.29 is 9.53 Å². The fourth-order valence-corrected chi connectivity index (χ4v) is 3.13. The number of hydrogen-bond donors (Lipinski definition) is 1. The van der Waals surface area contributed by atoms with Gasteiger partial charge in [0.25, 0.3) is 0 Å². The molecule has 3 rings (SSSR count). The van der Waals surface area contributed by atoms with Gasteiger partial charge in [-0.05, 0) is 44.5 Å². The van der Waals surface area contributed by atoms with Crippen molar-refractivity contribution in [3.63, 3.8) is 0 Å². The summed E-state index contributed by atoms with van der Waals surface area (Å²) in [7, 11) is 1.36. The first-order valence-electron chi connectivity index (χ1n) is 8.35. The molecule has 1 aromatic heterocycles. The average Bonchev–Trinajstić information content (AvgIpc) is 2.60. The Balaban J connectivity index is 2.30. The molecule has 0 bridgehead atoms. The molecule has 134 valence electrons. The molecule has 1 N–H and O–H groups in total. The molecule has 5 heteroatoms. The lowest BCUT2D eigenvalue weighted by atomic mass is 10.0.